The van der Waals surface area contributed by atoms with Crippen LogP contribution in [0.5, 0.6) is 5.75 Å². The molecule has 1 saturated carbocycles. The molecular formula is C22H22ClN3O3. The molecule has 0 unspecified atom stereocenters. The fourth-order valence-corrected chi connectivity index (χ4v) is 3.26. The Morgan fingerprint density at radius 1 is 1.17 bits per heavy atom. The number of para-hydroxylation sites is 1. The van der Waals surface area contributed by atoms with Crippen LogP contribution in [0, 0.1) is 0 Å². The minimum Gasteiger partial charge on any atom is -0.483 e. The maximum absolute atomic E-state index is 12.8. The smallest absolute Gasteiger partial charge is 0.261 e. The molecule has 0 aliphatic heterocycles. The molecular weight excluding hydrogens is 390 g/mol. The average molecular weight is 412 g/mol. The fourth-order valence-electron chi connectivity index (χ4n) is 3.14. The minimum atomic E-state index is -0.0790. The van der Waals surface area contributed by atoms with E-state index in [0.29, 0.717) is 16.8 Å². The molecule has 1 heterocycles. The molecule has 2 aromatic carbocycles. The van der Waals surface area contributed by atoms with E-state index in [1.54, 1.807) is 17.0 Å². The number of carbonyl (C=O) groups is 1. The van der Waals surface area contributed by atoms with Crippen LogP contribution in [0.3, 0.4) is 0 Å². The second kappa shape index (κ2) is 8.66. The molecule has 0 atom stereocenters. The Labute approximate surface area is 174 Å². The van der Waals surface area contributed by atoms with E-state index < -0.39 is 0 Å². The quantitative estimate of drug-likeness (QED) is 0.545. The number of ether oxygens (including phenoxy) is 1. The summed E-state index contributed by atoms with van der Waals surface area (Å²) in [6, 6.07) is 15.2. The van der Waals surface area contributed by atoms with Gasteiger partial charge in [0.15, 0.2) is 6.61 Å². The van der Waals surface area contributed by atoms with Gasteiger partial charge in [0.1, 0.15) is 5.75 Å². The molecule has 0 bridgehead atoms. The molecule has 150 valence electrons. The topological polar surface area (TPSA) is 68.5 Å². The summed E-state index contributed by atoms with van der Waals surface area (Å²) in [4.78, 5) is 14.6. The Kier molecular flexibility index (Phi) is 5.81. The standard InChI is InChI=1S/C22H22ClN3O3/c1-2-15-5-3-4-6-19(15)28-14-21(27)26(18-11-12-18)13-20-24-25-22(29-20)16-7-9-17(23)10-8-16/h3-10,18H,2,11-14H2,1H3. The SMILES string of the molecule is CCc1ccccc1OCC(=O)N(Cc1nnc(-c2ccc(Cl)cc2)o1)C1CC1. The summed E-state index contributed by atoms with van der Waals surface area (Å²) in [6.45, 7) is 2.34. The lowest BCUT2D eigenvalue weighted by atomic mass is 10.1. The number of hydrogen-bond donors (Lipinski definition) is 0. The predicted octanol–water partition coefficient (Wildman–Crippen LogP) is 4.52. The summed E-state index contributed by atoms with van der Waals surface area (Å²) >= 11 is 5.92. The highest BCUT2D eigenvalue weighted by molar-refractivity contribution is 6.30. The van der Waals surface area contributed by atoms with Crippen LogP contribution in [0.4, 0.5) is 0 Å². The van der Waals surface area contributed by atoms with E-state index in [1.165, 1.54) is 0 Å². The van der Waals surface area contributed by atoms with Gasteiger partial charge in [0.2, 0.25) is 11.8 Å². The number of aryl methyl sites for hydroxylation is 1. The van der Waals surface area contributed by atoms with Crippen LogP contribution >= 0.6 is 11.6 Å². The summed E-state index contributed by atoms with van der Waals surface area (Å²) in [5.74, 6) is 1.49. The van der Waals surface area contributed by atoms with Crippen molar-refractivity contribution in [1.29, 1.82) is 0 Å². The lowest BCUT2D eigenvalue weighted by Crippen LogP contribution is -2.36. The van der Waals surface area contributed by atoms with Crippen LogP contribution in [0.25, 0.3) is 11.5 Å². The highest BCUT2D eigenvalue weighted by Gasteiger charge is 2.34. The third-order valence-corrected chi connectivity index (χ3v) is 5.13. The summed E-state index contributed by atoms with van der Waals surface area (Å²) in [7, 11) is 0. The minimum absolute atomic E-state index is 0.00824. The van der Waals surface area contributed by atoms with Crippen molar-refractivity contribution in [2.45, 2.75) is 38.8 Å². The highest BCUT2D eigenvalue weighted by atomic mass is 35.5. The first-order chi connectivity index (χ1) is 14.1. The third kappa shape index (κ3) is 4.77. The largest absolute Gasteiger partial charge is 0.483 e. The lowest BCUT2D eigenvalue weighted by molar-refractivity contribution is -0.134. The molecule has 1 amide bonds. The maximum Gasteiger partial charge on any atom is 0.261 e. The van der Waals surface area contributed by atoms with Crippen molar-refractivity contribution in [3.63, 3.8) is 0 Å². The number of rotatable bonds is 8. The zero-order chi connectivity index (χ0) is 20.2. The number of hydrogen-bond acceptors (Lipinski definition) is 5. The number of benzene rings is 2. The van der Waals surface area contributed by atoms with Crippen molar-refractivity contribution in [1.82, 2.24) is 15.1 Å². The van der Waals surface area contributed by atoms with Crippen LogP contribution < -0.4 is 4.74 Å². The zero-order valence-corrected chi connectivity index (χ0v) is 16.9. The van der Waals surface area contributed by atoms with Crippen LogP contribution in [-0.4, -0.2) is 33.7 Å². The first kappa shape index (κ1) is 19.5. The molecule has 1 aliphatic carbocycles. The van der Waals surface area contributed by atoms with Crippen molar-refractivity contribution in [3.8, 4) is 17.2 Å². The molecule has 0 spiro atoms. The van der Waals surface area contributed by atoms with Crippen molar-refractivity contribution >= 4 is 17.5 Å². The fraction of sp³-hybridized carbons (Fsp3) is 0.318. The van der Waals surface area contributed by atoms with Gasteiger partial charge in [-0.05, 0) is 55.2 Å². The Balaban J connectivity index is 1.42. The second-order valence-electron chi connectivity index (χ2n) is 7.01. The van der Waals surface area contributed by atoms with E-state index in [4.69, 9.17) is 20.8 Å². The molecule has 0 saturated heterocycles. The van der Waals surface area contributed by atoms with E-state index in [1.807, 2.05) is 36.4 Å². The van der Waals surface area contributed by atoms with E-state index in [-0.39, 0.29) is 25.1 Å². The Hall–Kier alpha value is -2.86. The number of nitrogens with zero attached hydrogens (tertiary/aromatic N) is 3. The maximum atomic E-state index is 12.8. The van der Waals surface area contributed by atoms with E-state index >= 15 is 0 Å². The van der Waals surface area contributed by atoms with E-state index in [9.17, 15) is 4.79 Å². The van der Waals surface area contributed by atoms with Gasteiger partial charge in [0.05, 0.1) is 6.54 Å². The van der Waals surface area contributed by atoms with Crippen molar-refractivity contribution in [2.24, 2.45) is 0 Å². The number of aromatic nitrogens is 2. The van der Waals surface area contributed by atoms with Gasteiger partial charge in [0, 0.05) is 16.6 Å². The Morgan fingerprint density at radius 2 is 1.93 bits per heavy atom. The van der Waals surface area contributed by atoms with Crippen molar-refractivity contribution in [3.05, 3.63) is 65.0 Å². The van der Waals surface area contributed by atoms with Gasteiger partial charge >= 0.3 is 0 Å². The molecule has 7 heteroatoms. The predicted molar refractivity (Wildman–Crippen MR) is 110 cm³/mol. The number of carbonyl (C=O) groups excluding carboxylic acids is 1. The van der Waals surface area contributed by atoms with Crippen LogP contribution in [0.2, 0.25) is 5.02 Å². The monoisotopic (exact) mass is 411 g/mol. The van der Waals surface area contributed by atoms with E-state index in [0.717, 1.165) is 36.1 Å². The molecule has 6 nitrogen and oxygen atoms in total. The van der Waals surface area contributed by atoms with Crippen LogP contribution in [0.1, 0.15) is 31.2 Å². The summed E-state index contributed by atoms with van der Waals surface area (Å²) in [6.07, 6.45) is 2.82. The summed E-state index contributed by atoms with van der Waals surface area (Å²) in [5.41, 5.74) is 1.87. The molecule has 0 radical (unpaired) electrons. The van der Waals surface area contributed by atoms with E-state index in [2.05, 4.69) is 17.1 Å². The number of halogens is 1. The van der Waals surface area contributed by atoms with Crippen molar-refractivity contribution < 1.29 is 13.9 Å². The Bertz CT molecular complexity index is 983. The zero-order valence-electron chi connectivity index (χ0n) is 16.2. The van der Waals surface area contributed by atoms with Gasteiger partial charge in [-0.1, -0.05) is 36.7 Å². The molecule has 1 aliphatic rings. The molecule has 3 aromatic rings. The average Bonchev–Trinajstić information content (AvgIpc) is 3.48. The molecule has 1 aromatic heterocycles. The van der Waals surface area contributed by atoms with Gasteiger partial charge in [-0.15, -0.1) is 10.2 Å². The van der Waals surface area contributed by atoms with Crippen LogP contribution in [-0.2, 0) is 17.8 Å². The number of amides is 1. The van der Waals surface area contributed by atoms with Gasteiger partial charge in [-0.2, -0.15) is 0 Å². The molecule has 29 heavy (non-hydrogen) atoms. The molecule has 0 N–H and O–H groups in total. The van der Waals surface area contributed by atoms with Gasteiger partial charge in [-0.3, -0.25) is 4.79 Å². The third-order valence-electron chi connectivity index (χ3n) is 4.88. The van der Waals surface area contributed by atoms with Gasteiger partial charge in [0.25, 0.3) is 5.91 Å². The lowest BCUT2D eigenvalue weighted by Gasteiger charge is -2.21. The first-order valence-electron chi connectivity index (χ1n) is 9.72. The first-order valence-corrected chi connectivity index (χ1v) is 10.1. The second-order valence-corrected chi connectivity index (χ2v) is 7.45. The van der Waals surface area contributed by atoms with Crippen LogP contribution in [0.15, 0.2) is 52.9 Å². The molecule has 4 rings (SSSR count). The van der Waals surface area contributed by atoms with Gasteiger partial charge in [-0.25, -0.2) is 0 Å². The summed E-state index contributed by atoms with van der Waals surface area (Å²) < 4.78 is 11.6. The normalized spacial score (nSPS) is 13.3. The Morgan fingerprint density at radius 3 is 2.66 bits per heavy atom. The van der Waals surface area contributed by atoms with Crippen molar-refractivity contribution in [2.75, 3.05) is 6.61 Å². The van der Waals surface area contributed by atoms with Gasteiger partial charge < -0.3 is 14.1 Å². The summed E-state index contributed by atoms with van der Waals surface area (Å²) in [5, 5.41) is 8.85. The molecule has 1 fully saturated rings. The highest BCUT2D eigenvalue weighted by Crippen LogP contribution is 2.29.